The Morgan fingerprint density at radius 1 is 1.38 bits per heavy atom. The molecule has 0 spiro atoms. The number of anilines is 1. The molecule has 21 heavy (non-hydrogen) atoms. The summed E-state index contributed by atoms with van der Waals surface area (Å²) in [5.41, 5.74) is 10.4. The normalized spacial score (nSPS) is 19.6. The fourth-order valence-corrected chi connectivity index (χ4v) is 2.53. The van der Waals surface area contributed by atoms with Crippen molar-refractivity contribution in [2.24, 2.45) is 11.7 Å². The second kappa shape index (κ2) is 5.93. The smallest absolute Gasteiger partial charge is 0.398 e. The molecular formula is C14H18F3N3O. The largest absolute Gasteiger partial charge is 0.416 e. The molecule has 7 heteroatoms. The first-order chi connectivity index (χ1) is 9.82. The average Bonchev–Trinajstić information content (AvgIpc) is 2.46. The Bertz CT molecular complexity index is 531. The van der Waals surface area contributed by atoms with Crippen molar-refractivity contribution in [2.75, 3.05) is 25.4 Å². The minimum Gasteiger partial charge on any atom is -0.398 e. The maximum Gasteiger partial charge on any atom is 0.416 e. The fourth-order valence-electron chi connectivity index (χ4n) is 2.53. The molecule has 1 aliphatic rings. The lowest BCUT2D eigenvalue weighted by Gasteiger charge is -2.32. The summed E-state index contributed by atoms with van der Waals surface area (Å²) in [6.45, 7) is 1.44. The summed E-state index contributed by atoms with van der Waals surface area (Å²) in [5, 5.41) is 0. The molecule has 1 aliphatic heterocycles. The lowest BCUT2D eigenvalue weighted by molar-refractivity contribution is -0.137. The Morgan fingerprint density at radius 3 is 2.71 bits per heavy atom. The second-order valence-electron chi connectivity index (χ2n) is 5.29. The molecule has 1 fully saturated rings. The molecular weight excluding hydrogens is 283 g/mol. The van der Waals surface area contributed by atoms with Crippen LogP contribution in [0.15, 0.2) is 18.2 Å². The standard InChI is InChI=1S/C14H18F3N3O/c15-14(16,17)10-3-4-12(19)11(6-10)13(21)20-5-1-2-9(7-18)8-20/h3-4,6,9H,1-2,5,7-8,18-19H2/t9-/m0/s1. The molecule has 1 aromatic carbocycles. The molecule has 1 aromatic rings. The lowest BCUT2D eigenvalue weighted by Crippen LogP contribution is -2.42. The van der Waals surface area contributed by atoms with Crippen molar-refractivity contribution in [3.63, 3.8) is 0 Å². The molecule has 1 atom stereocenters. The highest BCUT2D eigenvalue weighted by Crippen LogP contribution is 2.32. The van der Waals surface area contributed by atoms with Crippen LogP contribution in [-0.2, 0) is 6.18 Å². The molecule has 0 saturated carbocycles. The van der Waals surface area contributed by atoms with E-state index in [9.17, 15) is 18.0 Å². The van der Waals surface area contributed by atoms with Gasteiger partial charge in [0.2, 0.25) is 0 Å². The van der Waals surface area contributed by atoms with Crippen molar-refractivity contribution in [3.8, 4) is 0 Å². The molecule has 0 bridgehead atoms. The minimum absolute atomic E-state index is 0.0582. The number of nitrogens with zero attached hydrogens (tertiary/aromatic N) is 1. The third-order valence-corrected chi connectivity index (χ3v) is 3.75. The Balaban J connectivity index is 2.26. The summed E-state index contributed by atoms with van der Waals surface area (Å²) < 4.78 is 38.2. The van der Waals surface area contributed by atoms with Crippen LogP contribution in [0.3, 0.4) is 0 Å². The van der Waals surface area contributed by atoms with Gasteiger partial charge in [-0.3, -0.25) is 4.79 Å². The summed E-state index contributed by atoms with van der Waals surface area (Å²) in [6, 6.07) is 2.83. The average molecular weight is 301 g/mol. The number of benzene rings is 1. The van der Waals surface area contributed by atoms with Gasteiger partial charge in [0, 0.05) is 18.8 Å². The zero-order valence-corrected chi connectivity index (χ0v) is 11.5. The monoisotopic (exact) mass is 301 g/mol. The Hall–Kier alpha value is -1.76. The highest BCUT2D eigenvalue weighted by Gasteiger charge is 2.32. The quantitative estimate of drug-likeness (QED) is 0.822. The number of amides is 1. The van der Waals surface area contributed by atoms with E-state index in [4.69, 9.17) is 11.5 Å². The van der Waals surface area contributed by atoms with Gasteiger partial charge >= 0.3 is 6.18 Å². The first kappa shape index (κ1) is 15.6. The van der Waals surface area contributed by atoms with Gasteiger partial charge in [-0.05, 0) is 43.5 Å². The van der Waals surface area contributed by atoms with Crippen molar-refractivity contribution >= 4 is 11.6 Å². The van der Waals surface area contributed by atoms with Crippen LogP contribution in [-0.4, -0.2) is 30.4 Å². The summed E-state index contributed by atoms with van der Waals surface area (Å²) in [6.07, 6.45) is -2.77. The van der Waals surface area contributed by atoms with E-state index in [1.807, 2.05) is 0 Å². The highest BCUT2D eigenvalue weighted by molar-refractivity contribution is 5.99. The van der Waals surface area contributed by atoms with Gasteiger partial charge in [0.1, 0.15) is 0 Å². The molecule has 1 amide bonds. The topological polar surface area (TPSA) is 72.3 Å². The van der Waals surface area contributed by atoms with E-state index in [0.29, 0.717) is 19.6 Å². The van der Waals surface area contributed by atoms with Gasteiger partial charge in [-0.2, -0.15) is 13.2 Å². The molecule has 1 heterocycles. The molecule has 0 aromatic heterocycles. The number of hydrogen-bond donors (Lipinski definition) is 2. The van der Waals surface area contributed by atoms with E-state index < -0.39 is 17.6 Å². The summed E-state index contributed by atoms with van der Waals surface area (Å²) in [7, 11) is 0. The van der Waals surface area contributed by atoms with Crippen LogP contribution in [0.2, 0.25) is 0 Å². The first-order valence-electron chi connectivity index (χ1n) is 6.79. The van der Waals surface area contributed by atoms with Crippen molar-refractivity contribution in [2.45, 2.75) is 19.0 Å². The van der Waals surface area contributed by atoms with Crippen LogP contribution in [0, 0.1) is 5.92 Å². The van der Waals surface area contributed by atoms with Crippen molar-refractivity contribution < 1.29 is 18.0 Å². The van der Waals surface area contributed by atoms with Crippen LogP contribution in [0.5, 0.6) is 0 Å². The molecule has 0 aliphatic carbocycles. The molecule has 2 rings (SSSR count). The van der Waals surface area contributed by atoms with Gasteiger partial charge < -0.3 is 16.4 Å². The van der Waals surface area contributed by atoms with Gasteiger partial charge in [-0.1, -0.05) is 0 Å². The van der Waals surface area contributed by atoms with E-state index in [0.717, 1.165) is 31.0 Å². The number of nitrogens with two attached hydrogens (primary N) is 2. The molecule has 1 saturated heterocycles. The minimum atomic E-state index is -4.50. The first-order valence-corrected chi connectivity index (χ1v) is 6.79. The van der Waals surface area contributed by atoms with Crippen molar-refractivity contribution in [1.29, 1.82) is 0 Å². The Kier molecular flexibility index (Phi) is 4.41. The second-order valence-corrected chi connectivity index (χ2v) is 5.29. The maximum atomic E-state index is 12.7. The van der Waals surface area contributed by atoms with Gasteiger partial charge in [0.05, 0.1) is 11.1 Å². The zero-order chi connectivity index (χ0) is 15.6. The molecule has 4 nitrogen and oxygen atoms in total. The SMILES string of the molecule is NC[C@@H]1CCCN(C(=O)c2cc(C(F)(F)F)ccc2N)C1. The van der Waals surface area contributed by atoms with Gasteiger partial charge in [0.15, 0.2) is 0 Å². The van der Waals surface area contributed by atoms with E-state index >= 15 is 0 Å². The number of nitrogen functional groups attached to an aromatic ring is 1. The van der Waals surface area contributed by atoms with Crippen LogP contribution >= 0.6 is 0 Å². The number of rotatable bonds is 2. The summed E-state index contributed by atoms with van der Waals surface area (Å²) >= 11 is 0. The van der Waals surface area contributed by atoms with Crippen LogP contribution in [0.4, 0.5) is 18.9 Å². The van der Waals surface area contributed by atoms with Gasteiger partial charge in [0.25, 0.3) is 5.91 Å². The molecule has 0 radical (unpaired) electrons. The number of alkyl halides is 3. The third-order valence-electron chi connectivity index (χ3n) is 3.75. The number of piperidine rings is 1. The van der Waals surface area contributed by atoms with Crippen molar-refractivity contribution in [1.82, 2.24) is 4.90 Å². The number of halogens is 3. The number of carbonyl (C=O) groups excluding carboxylic acids is 1. The third kappa shape index (κ3) is 3.47. The number of hydrogen-bond acceptors (Lipinski definition) is 3. The van der Waals surface area contributed by atoms with Crippen LogP contribution < -0.4 is 11.5 Å². The number of likely N-dealkylation sites (tertiary alicyclic amines) is 1. The highest BCUT2D eigenvalue weighted by atomic mass is 19.4. The predicted molar refractivity (Wildman–Crippen MR) is 73.5 cm³/mol. The van der Waals surface area contributed by atoms with Crippen LogP contribution in [0.1, 0.15) is 28.8 Å². The van der Waals surface area contributed by atoms with Crippen molar-refractivity contribution in [3.05, 3.63) is 29.3 Å². The van der Waals surface area contributed by atoms with Crippen LogP contribution in [0.25, 0.3) is 0 Å². The maximum absolute atomic E-state index is 12.7. The lowest BCUT2D eigenvalue weighted by atomic mass is 9.97. The summed E-state index contributed by atoms with van der Waals surface area (Å²) in [4.78, 5) is 13.9. The molecule has 0 unspecified atom stereocenters. The number of carbonyl (C=O) groups is 1. The van der Waals surface area contributed by atoms with E-state index in [1.54, 1.807) is 0 Å². The summed E-state index contributed by atoms with van der Waals surface area (Å²) in [5.74, 6) is -0.272. The van der Waals surface area contributed by atoms with E-state index in [-0.39, 0.29) is 17.2 Å². The van der Waals surface area contributed by atoms with E-state index in [2.05, 4.69) is 0 Å². The molecule has 116 valence electrons. The van der Waals surface area contributed by atoms with Gasteiger partial charge in [-0.25, -0.2) is 0 Å². The fraction of sp³-hybridized carbons (Fsp3) is 0.500. The zero-order valence-electron chi connectivity index (χ0n) is 11.5. The van der Waals surface area contributed by atoms with E-state index in [1.165, 1.54) is 4.90 Å². The van der Waals surface area contributed by atoms with Gasteiger partial charge in [-0.15, -0.1) is 0 Å². The Morgan fingerprint density at radius 2 is 2.10 bits per heavy atom. The Labute approximate surface area is 120 Å². The molecule has 4 N–H and O–H groups in total. The predicted octanol–water partition coefficient (Wildman–Crippen LogP) is 2.10.